The van der Waals surface area contributed by atoms with Crippen molar-refractivity contribution in [1.82, 2.24) is 0 Å². The van der Waals surface area contributed by atoms with Crippen LogP contribution in [0, 0.1) is 5.92 Å². The molecular formula is C12H24N2O4. The topological polar surface area (TPSA) is 127 Å². The molecule has 6 nitrogen and oxygen atoms in total. The largest absolute Gasteiger partial charge is 0.481 e. The Kier molecular flexibility index (Phi) is 8.32. The van der Waals surface area contributed by atoms with Gasteiger partial charge in [0, 0.05) is 12.1 Å². The summed E-state index contributed by atoms with van der Waals surface area (Å²) in [6, 6.07) is -0.621. The maximum atomic E-state index is 10.7. The van der Waals surface area contributed by atoms with E-state index in [9.17, 15) is 9.59 Å². The zero-order chi connectivity index (χ0) is 14.1. The Morgan fingerprint density at radius 3 is 1.78 bits per heavy atom. The van der Waals surface area contributed by atoms with Crippen LogP contribution in [0.3, 0.4) is 0 Å². The van der Waals surface area contributed by atoms with Gasteiger partial charge < -0.3 is 21.7 Å². The summed E-state index contributed by atoms with van der Waals surface area (Å²) in [5.74, 6) is -4.24. The zero-order valence-corrected chi connectivity index (χ0v) is 10.8. The van der Waals surface area contributed by atoms with E-state index in [1.807, 2.05) is 6.92 Å². The molecule has 0 spiro atoms. The van der Waals surface area contributed by atoms with Crippen LogP contribution < -0.4 is 11.5 Å². The second-order valence-corrected chi connectivity index (χ2v) is 4.79. The Morgan fingerprint density at radius 2 is 1.39 bits per heavy atom. The van der Waals surface area contributed by atoms with Gasteiger partial charge >= 0.3 is 11.9 Å². The molecule has 0 saturated heterocycles. The molecule has 0 aromatic rings. The first-order valence-corrected chi connectivity index (χ1v) is 6.33. The highest BCUT2D eigenvalue weighted by molar-refractivity contribution is 5.93. The van der Waals surface area contributed by atoms with Crippen LogP contribution in [-0.4, -0.2) is 34.2 Å². The minimum atomic E-state index is -1.51. The van der Waals surface area contributed by atoms with E-state index >= 15 is 0 Å². The highest BCUT2D eigenvalue weighted by Crippen LogP contribution is 2.13. The van der Waals surface area contributed by atoms with E-state index in [4.69, 9.17) is 21.7 Å². The van der Waals surface area contributed by atoms with Crippen molar-refractivity contribution in [2.24, 2.45) is 17.4 Å². The molecule has 0 saturated carbocycles. The molecule has 0 aliphatic heterocycles. The Morgan fingerprint density at radius 1 is 0.944 bits per heavy atom. The summed E-state index contributed by atoms with van der Waals surface area (Å²) in [4.78, 5) is 21.4. The smallest absolute Gasteiger partial charge is 0.319 e. The molecule has 0 fully saturated rings. The zero-order valence-electron chi connectivity index (χ0n) is 10.8. The van der Waals surface area contributed by atoms with Gasteiger partial charge in [0.1, 0.15) is 0 Å². The van der Waals surface area contributed by atoms with Gasteiger partial charge in [-0.05, 0) is 19.8 Å². The van der Waals surface area contributed by atoms with Gasteiger partial charge in [0.2, 0.25) is 0 Å². The number of hydrogen-bond acceptors (Lipinski definition) is 4. The van der Waals surface area contributed by atoms with Crippen LogP contribution in [0.5, 0.6) is 0 Å². The SMILES string of the molecule is CC(N)CCCCCCC(N)C(C(=O)O)C(=O)O. The monoisotopic (exact) mass is 260 g/mol. The normalized spacial score (nSPS) is 14.4. The number of aliphatic carboxylic acids is 2. The average Bonchev–Trinajstić information content (AvgIpc) is 2.21. The molecule has 0 aliphatic rings. The number of hydrogen-bond donors (Lipinski definition) is 4. The third-order valence-corrected chi connectivity index (χ3v) is 2.91. The Hall–Kier alpha value is -1.14. The number of unbranched alkanes of at least 4 members (excludes halogenated alkanes) is 3. The van der Waals surface area contributed by atoms with Gasteiger partial charge in [-0.15, -0.1) is 0 Å². The Balaban J connectivity index is 3.78. The van der Waals surface area contributed by atoms with Gasteiger partial charge in [0.25, 0.3) is 0 Å². The maximum Gasteiger partial charge on any atom is 0.319 e. The predicted molar refractivity (Wildman–Crippen MR) is 68.1 cm³/mol. The summed E-state index contributed by atoms with van der Waals surface area (Å²) >= 11 is 0. The predicted octanol–water partition coefficient (Wildman–Crippen LogP) is 0.787. The summed E-state index contributed by atoms with van der Waals surface area (Å²) in [5, 5.41) is 17.5. The molecule has 6 N–H and O–H groups in total. The average molecular weight is 260 g/mol. The first-order valence-electron chi connectivity index (χ1n) is 6.33. The van der Waals surface area contributed by atoms with Crippen LogP contribution in [0.1, 0.15) is 45.4 Å². The summed E-state index contributed by atoms with van der Waals surface area (Å²) in [5.41, 5.74) is 11.2. The van der Waals surface area contributed by atoms with Crippen LogP contribution in [0.4, 0.5) is 0 Å². The molecule has 2 atom stereocenters. The lowest BCUT2D eigenvalue weighted by molar-refractivity contribution is -0.155. The molecule has 6 heteroatoms. The van der Waals surface area contributed by atoms with Gasteiger partial charge in [-0.2, -0.15) is 0 Å². The standard InChI is InChI=1S/C12H24N2O4/c1-8(13)6-4-2-3-5-7-9(14)10(11(15)16)12(17)18/h8-10H,2-7,13-14H2,1H3,(H,15,16)(H,17,18). The van der Waals surface area contributed by atoms with Crippen LogP contribution in [-0.2, 0) is 9.59 Å². The van der Waals surface area contributed by atoms with Crippen molar-refractivity contribution in [2.45, 2.75) is 57.5 Å². The fourth-order valence-corrected chi connectivity index (χ4v) is 1.84. The molecule has 0 aromatic carbocycles. The minimum Gasteiger partial charge on any atom is -0.481 e. The van der Waals surface area contributed by atoms with Crippen molar-refractivity contribution < 1.29 is 19.8 Å². The van der Waals surface area contributed by atoms with Crippen LogP contribution >= 0.6 is 0 Å². The lowest BCUT2D eigenvalue weighted by Gasteiger charge is -2.16. The lowest BCUT2D eigenvalue weighted by Crippen LogP contribution is -2.40. The molecule has 0 aliphatic carbocycles. The number of carbonyl (C=O) groups is 2. The fraction of sp³-hybridized carbons (Fsp3) is 0.833. The Bertz CT molecular complexity index is 255. The number of carboxylic acid groups (broad SMARTS) is 2. The van der Waals surface area contributed by atoms with Crippen LogP contribution in [0.15, 0.2) is 0 Å². The first-order chi connectivity index (χ1) is 8.36. The van der Waals surface area contributed by atoms with Crippen molar-refractivity contribution in [1.29, 1.82) is 0 Å². The third-order valence-electron chi connectivity index (χ3n) is 2.91. The van der Waals surface area contributed by atoms with E-state index in [2.05, 4.69) is 0 Å². The van der Waals surface area contributed by atoms with Gasteiger partial charge in [-0.1, -0.05) is 25.7 Å². The second kappa shape index (κ2) is 8.88. The van der Waals surface area contributed by atoms with Gasteiger partial charge in [0.05, 0.1) is 0 Å². The van der Waals surface area contributed by atoms with E-state index in [-0.39, 0.29) is 6.04 Å². The molecule has 2 unspecified atom stereocenters. The molecule has 18 heavy (non-hydrogen) atoms. The number of rotatable bonds is 10. The minimum absolute atomic E-state index is 0.204. The summed E-state index contributed by atoms with van der Waals surface area (Å²) in [6.07, 6.45) is 5.11. The molecule has 0 rings (SSSR count). The number of nitrogens with two attached hydrogens (primary N) is 2. The molecule has 0 amide bonds. The highest BCUT2D eigenvalue weighted by Gasteiger charge is 2.31. The first kappa shape index (κ1) is 16.9. The molecule has 0 bridgehead atoms. The molecule has 0 heterocycles. The van der Waals surface area contributed by atoms with Crippen molar-refractivity contribution in [3.05, 3.63) is 0 Å². The molecule has 0 aromatic heterocycles. The van der Waals surface area contributed by atoms with E-state index in [1.165, 1.54) is 0 Å². The lowest BCUT2D eigenvalue weighted by atomic mass is 9.95. The quantitative estimate of drug-likeness (QED) is 0.340. The summed E-state index contributed by atoms with van der Waals surface area (Å²) < 4.78 is 0. The number of carboxylic acids is 2. The van der Waals surface area contributed by atoms with Crippen LogP contribution in [0.25, 0.3) is 0 Å². The Labute approximate surface area is 107 Å². The van der Waals surface area contributed by atoms with Crippen molar-refractivity contribution in [2.75, 3.05) is 0 Å². The van der Waals surface area contributed by atoms with E-state index in [1.54, 1.807) is 0 Å². The van der Waals surface area contributed by atoms with Gasteiger partial charge in [-0.25, -0.2) is 0 Å². The van der Waals surface area contributed by atoms with Crippen molar-refractivity contribution in [3.63, 3.8) is 0 Å². The second-order valence-electron chi connectivity index (χ2n) is 4.79. The third kappa shape index (κ3) is 7.24. The van der Waals surface area contributed by atoms with Crippen LogP contribution in [0.2, 0.25) is 0 Å². The van der Waals surface area contributed by atoms with E-state index in [0.717, 1.165) is 32.1 Å². The molecule has 106 valence electrons. The maximum absolute atomic E-state index is 10.7. The molecular weight excluding hydrogens is 236 g/mol. The summed E-state index contributed by atoms with van der Waals surface area (Å²) in [6.45, 7) is 1.96. The van der Waals surface area contributed by atoms with Gasteiger partial charge in [0.15, 0.2) is 5.92 Å². The highest BCUT2D eigenvalue weighted by atomic mass is 16.4. The van der Waals surface area contributed by atoms with E-state index in [0.29, 0.717) is 6.42 Å². The van der Waals surface area contributed by atoms with Crippen molar-refractivity contribution in [3.8, 4) is 0 Å². The fourth-order valence-electron chi connectivity index (χ4n) is 1.84. The van der Waals surface area contributed by atoms with Crippen molar-refractivity contribution >= 4 is 11.9 Å². The van der Waals surface area contributed by atoms with Gasteiger partial charge in [-0.3, -0.25) is 9.59 Å². The van der Waals surface area contributed by atoms with E-state index < -0.39 is 23.9 Å². The summed E-state index contributed by atoms with van der Waals surface area (Å²) in [7, 11) is 0. The molecule has 0 radical (unpaired) electrons.